The van der Waals surface area contributed by atoms with Gasteiger partial charge in [0.2, 0.25) is 5.91 Å². The quantitative estimate of drug-likeness (QED) is 0.651. The number of likely N-dealkylation sites (N-methyl/N-ethyl adjacent to an activating group) is 1. The molecule has 1 aromatic carbocycles. The summed E-state index contributed by atoms with van der Waals surface area (Å²) in [6.07, 6.45) is 1.59. The Morgan fingerprint density at radius 2 is 2.04 bits per heavy atom. The lowest BCUT2D eigenvalue weighted by atomic mass is 10.2. The van der Waals surface area contributed by atoms with Gasteiger partial charge in [0.25, 0.3) is 5.91 Å². The van der Waals surface area contributed by atoms with Crippen molar-refractivity contribution in [3.8, 4) is 0 Å². The third-order valence-electron chi connectivity index (χ3n) is 4.93. The minimum atomic E-state index is -0.336. The number of hydrogen-bond acceptors (Lipinski definition) is 4. The van der Waals surface area contributed by atoms with E-state index in [4.69, 9.17) is 16.0 Å². The summed E-state index contributed by atoms with van der Waals surface area (Å²) in [5.74, 6) is -0.287. The fourth-order valence-corrected chi connectivity index (χ4v) is 3.47. The lowest BCUT2D eigenvalue weighted by Gasteiger charge is -2.34. The number of hydrogen-bond donors (Lipinski definition) is 3. The second-order valence-electron chi connectivity index (χ2n) is 6.78. The number of anilines is 2. The molecule has 2 heterocycles. The molecule has 1 aromatic heterocycles. The van der Waals surface area contributed by atoms with Crippen LogP contribution < -0.4 is 20.4 Å². The summed E-state index contributed by atoms with van der Waals surface area (Å²) in [4.78, 5) is 28.1. The largest absolute Gasteiger partial charge is 0.459 e. The number of quaternary nitrogens is 1. The van der Waals surface area contributed by atoms with Crippen LogP contribution in [0.3, 0.4) is 0 Å². The number of rotatable bonds is 7. The van der Waals surface area contributed by atoms with E-state index in [1.807, 2.05) is 12.1 Å². The van der Waals surface area contributed by atoms with Crippen molar-refractivity contribution in [3.63, 3.8) is 0 Å². The van der Waals surface area contributed by atoms with Gasteiger partial charge in [0.1, 0.15) is 0 Å². The second-order valence-corrected chi connectivity index (χ2v) is 7.22. The second kappa shape index (κ2) is 9.61. The third-order valence-corrected chi connectivity index (χ3v) is 5.16. The monoisotopic (exact) mass is 405 g/mol. The van der Waals surface area contributed by atoms with E-state index < -0.39 is 0 Å². The van der Waals surface area contributed by atoms with Gasteiger partial charge in [0.05, 0.1) is 50.4 Å². The van der Waals surface area contributed by atoms with Crippen LogP contribution in [0.5, 0.6) is 0 Å². The highest BCUT2D eigenvalue weighted by Crippen LogP contribution is 2.29. The Morgan fingerprint density at radius 3 is 2.71 bits per heavy atom. The van der Waals surface area contributed by atoms with Crippen molar-refractivity contribution in [1.29, 1.82) is 0 Å². The van der Waals surface area contributed by atoms with Crippen LogP contribution in [0.25, 0.3) is 0 Å². The number of piperazine rings is 1. The fraction of sp³-hybridized carbons (Fsp3) is 0.400. The molecule has 1 saturated heterocycles. The smallest absolute Gasteiger partial charge is 0.286 e. The molecule has 1 aliphatic heterocycles. The van der Waals surface area contributed by atoms with E-state index in [1.54, 1.807) is 23.1 Å². The van der Waals surface area contributed by atoms with Crippen LogP contribution in [0.15, 0.2) is 41.0 Å². The SMILES string of the molecule is CC[NH+]1CCN(c2ccc(Cl)cc2NC(=O)CCNC(=O)c2ccco2)CC1. The maximum Gasteiger partial charge on any atom is 0.286 e. The summed E-state index contributed by atoms with van der Waals surface area (Å²) >= 11 is 6.15. The van der Waals surface area contributed by atoms with Gasteiger partial charge < -0.3 is 24.9 Å². The molecular weight excluding hydrogens is 380 g/mol. The molecular formula is C20H26ClN4O3+. The van der Waals surface area contributed by atoms with Gasteiger partial charge in [-0.05, 0) is 37.3 Å². The predicted molar refractivity (Wildman–Crippen MR) is 109 cm³/mol. The minimum absolute atomic E-state index is 0.159. The number of nitrogens with one attached hydrogen (secondary N) is 3. The summed E-state index contributed by atoms with van der Waals surface area (Å²) in [5.41, 5.74) is 1.68. The Labute approximate surface area is 169 Å². The number of carbonyl (C=O) groups excluding carboxylic acids is 2. The molecule has 3 rings (SSSR count). The highest BCUT2D eigenvalue weighted by Gasteiger charge is 2.21. The Kier molecular flexibility index (Phi) is 6.95. The first-order valence-electron chi connectivity index (χ1n) is 9.56. The van der Waals surface area contributed by atoms with E-state index in [9.17, 15) is 9.59 Å². The molecule has 8 heteroatoms. The zero-order valence-corrected chi connectivity index (χ0v) is 16.7. The van der Waals surface area contributed by atoms with E-state index in [2.05, 4.69) is 22.5 Å². The number of benzene rings is 1. The Hall–Kier alpha value is -2.51. The van der Waals surface area contributed by atoms with Gasteiger partial charge in [-0.15, -0.1) is 0 Å². The topological polar surface area (TPSA) is 79.0 Å². The van der Waals surface area contributed by atoms with E-state index in [0.29, 0.717) is 10.7 Å². The van der Waals surface area contributed by atoms with Crippen LogP contribution >= 0.6 is 11.6 Å². The zero-order chi connectivity index (χ0) is 19.9. The fourth-order valence-electron chi connectivity index (χ4n) is 3.30. The Morgan fingerprint density at radius 1 is 1.25 bits per heavy atom. The maximum absolute atomic E-state index is 12.4. The van der Waals surface area contributed by atoms with Gasteiger partial charge in [0, 0.05) is 18.0 Å². The van der Waals surface area contributed by atoms with E-state index in [0.717, 1.165) is 38.4 Å². The summed E-state index contributed by atoms with van der Waals surface area (Å²) in [5, 5.41) is 6.18. The number of amides is 2. The first-order valence-corrected chi connectivity index (χ1v) is 9.94. The average molecular weight is 406 g/mol. The lowest BCUT2D eigenvalue weighted by Crippen LogP contribution is -3.14. The molecule has 0 spiro atoms. The van der Waals surface area contributed by atoms with Crippen molar-refractivity contribution in [2.75, 3.05) is 49.5 Å². The van der Waals surface area contributed by atoms with E-state index >= 15 is 0 Å². The molecule has 2 aromatic rings. The van der Waals surface area contributed by atoms with Gasteiger partial charge in [-0.25, -0.2) is 0 Å². The van der Waals surface area contributed by atoms with Crippen molar-refractivity contribution in [2.45, 2.75) is 13.3 Å². The summed E-state index contributed by atoms with van der Waals surface area (Å²) in [6.45, 7) is 7.57. The number of halogens is 1. The molecule has 3 N–H and O–H groups in total. The zero-order valence-electron chi connectivity index (χ0n) is 16.0. The van der Waals surface area contributed by atoms with E-state index in [1.165, 1.54) is 6.26 Å². The van der Waals surface area contributed by atoms with Crippen molar-refractivity contribution < 1.29 is 18.9 Å². The molecule has 1 fully saturated rings. The predicted octanol–water partition coefficient (Wildman–Crippen LogP) is 1.42. The van der Waals surface area contributed by atoms with Crippen LogP contribution in [0.4, 0.5) is 11.4 Å². The molecule has 1 aliphatic rings. The average Bonchev–Trinajstić information content (AvgIpc) is 3.23. The van der Waals surface area contributed by atoms with Crippen LogP contribution in [-0.2, 0) is 4.79 Å². The van der Waals surface area contributed by atoms with Gasteiger partial charge in [-0.1, -0.05) is 11.6 Å². The number of carbonyl (C=O) groups is 2. The molecule has 0 radical (unpaired) electrons. The van der Waals surface area contributed by atoms with Crippen molar-refractivity contribution in [2.24, 2.45) is 0 Å². The molecule has 7 nitrogen and oxygen atoms in total. The number of nitrogens with zero attached hydrogens (tertiary/aromatic N) is 1. The minimum Gasteiger partial charge on any atom is -0.459 e. The summed E-state index contributed by atoms with van der Waals surface area (Å²) < 4.78 is 5.03. The van der Waals surface area contributed by atoms with Crippen LogP contribution in [0.1, 0.15) is 23.9 Å². The molecule has 2 amide bonds. The molecule has 0 atom stereocenters. The Balaban J connectivity index is 1.56. The normalized spacial score (nSPS) is 14.7. The van der Waals surface area contributed by atoms with Crippen molar-refractivity contribution in [3.05, 3.63) is 47.4 Å². The molecule has 150 valence electrons. The number of furan rings is 1. The molecule has 28 heavy (non-hydrogen) atoms. The molecule has 0 aliphatic carbocycles. The van der Waals surface area contributed by atoms with Crippen LogP contribution in [0, 0.1) is 0 Å². The van der Waals surface area contributed by atoms with Crippen molar-refractivity contribution >= 4 is 34.8 Å². The first-order chi connectivity index (χ1) is 13.6. The first kappa shape index (κ1) is 20.2. The molecule has 0 bridgehead atoms. The Bertz CT molecular complexity index is 802. The van der Waals surface area contributed by atoms with Crippen LogP contribution in [-0.4, -0.2) is 51.1 Å². The molecule has 0 unspecified atom stereocenters. The van der Waals surface area contributed by atoms with E-state index in [-0.39, 0.29) is 30.5 Å². The van der Waals surface area contributed by atoms with Gasteiger partial charge in [0.15, 0.2) is 5.76 Å². The van der Waals surface area contributed by atoms with Gasteiger partial charge in [-0.2, -0.15) is 0 Å². The third kappa shape index (κ3) is 5.27. The summed E-state index contributed by atoms with van der Waals surface area (Å²) in [7, 11) is 0. The maximum atomic E-state index is 12.4. The summed E-state index contributed by atoms with van der Waals surface area (Å²) in [6, 6.07) is 8.79. The lowest BCUT2D eigenvalue weighted by molar-refractivity contribution is -0.898. The standard InChI is InChI=1S/C20H25ClN4O3/c1-2-24-9-11-25(12-10-24)17-6-5-15(21)14-16(17)23-19(26)7-8-22-20(27)18-4-3-13-28-18/h3-6,13-14H,2,7-12H2,1H3,(H,22,27)(H,23,26)/p+1. The highest BCUT2D eigenvalue weighted by molar-refractivity contribution is 6.31. The van der Waals surface area contributed by atoms with Crippen LogP contribution in [0.2, 0.25) is 5.02 Å². The highest BCUT2D eigenvalue weighted by atomic mass is 35.5. The molecule has 0 saturated carbocycles. The van der Waals surface area contributed by atoms with Crippen molar-refractivity contribution in [1.82, 2.24) is 5.32 Å². The van der Waals surface area contributed by atoms with Gasteiger partial charge in [-0.3, -0.25) is 9.59 Å². The van der Waals surface area contributed by atoms with Gasteiger partial charge >= 0.3 is 0 Å².